The summed E-state index contributed by atoms with van der Waals surface area (Å²) in [7, 11) is 0. The van der Waals surface area contributed by atoms with Gasteiger partial charge in [-0.3, -0.25) is 5.32 Å². The molecule has 5 heteroatoms. The van der Waals surface area contributed by atoms with Crippen LogP contribution in [-0.2, 0) is 0 Å². The molecule has 2 amide bonds. The molecule has 0 atom stereocenters. The summed E-state index contributed by atoms with van der Waals surface area (Å²) in [6, 6.07) is 7.69. The Hall–Kier alpha value is -1.62. The first-order valence-corrected chi connectivity index (χ1v) is 7.51. The van der Waals surface area contributed by atoms with Crippen molar-refractivity contribution in [2.45, 2.75) is 32.6 Å². The Morgan fingerprint density at radius 2 is 2.11 bits per heavy atom. The Balaban J connectivity index is 1.78. The first-order valence-electron chi connectivity index (χ1n) is 6.70. The van der Waals surface area contributed by atoms with Gasteiger partial charge in [-0.1, -0.05) is 49.7 Å². The molecule has 0 fully saturated rings. The number of fused-ring (bicyclic) bond motifs is 1. The van der Waals surface area contributed by atoms with E-state index in [0.717, 1.165) is 29.6 Å². The lowest BCUT2D eigenvalue weighted by Gasteiger charge is -2.04. The fraction of sp³-hybridized carbons (Fsp3) is 0.429. The third-order valence-corrected chi connectivity index (χ3v) is 3.78. The van der Waals surface area contributed by atoms with E-state index in [1.807, 2.05) is 24.3 Å². The van der Waals surface area contributed by atoms with Crippen molar-refractivity contribution in [1.82, 2.24) is 10.3 Å². The van der Waals surface area contributed by atoms with Crippen molar-refractivity contribution in [3.63, 3.8) is 0 Å². The number of nitrogens with zero attached hydrogens (tertiary/aromatic N) is 1. The summed E-state index contributed by atoms with van der Waals surface area (Å²) in [5, 5.41) is 6.28. The predicted octanol–water partition coefficient (Wildman–Crippen LogP) is 4.00. The Morgan fingerprint density at radius 1 is 1.26 bits per heavy atom. The monoisotopic (exact) mass is 277 g/mol. The van der Waals surface area contributed by atoms with Crippen molar-refractivity contribution in [3.8, 4) is 0 Å². The van der Waals surface area contributed by atoms with Gasteiger partial charge in [-0.2, -0.15) is 0 Å². The molecule has 102 valence electrons. The molecule has 0 aliphatic rings. The largest absolute Gasteiger partial charge is 0.338 e. The van der Waals surface area contributed by atoms with Crippen LogP contribution in [0.5, 0.6) is 0 Å². The maximum Gasteiger partial charge on any atom is 0.321 e. The van der Waals surface area contributed by atoms with Crippen LogP contribution in [0.25, 0.3) is 10.2 Å². The molecule has 0 aliphatic carbocycles. The van der Waals surface area contributed by atoms with Gasteiger partial charge in [0.15, 0.2) is 5.13 Å². The number of hydrogen-bond donors (Lipinski definition) is 2. The smallest absolute Gasteiger partial charge is 0.321 e. The fourth-order valence-electron chi connectivity index (χ4n) is 1.82. The molecule has 1 heterocycles. The van der Waals surface area contributed by atoms with Crippen molar-refractivity contribution < 1.29 is 4.79 Å². The first-order chi connectivity index (χ1) is 9.29. The molecule has 2 aromatic rings. The number of unbranched alkanes of at least 4 members (excludes halogenated alkanes) is 3. The van der Waals surface area contributed by atoms with Crippen LogP contribution in [0.15, 0.2) is 24.3 Å². The van der Waals surface area contributed by atoms with Crippen molar-refractivity contribution in [2.75, 3.05) is 11.9 Å². The average Bonchev–Trinajstić information content (AvgIpc) is 2.80. The molecule has 2 N–H and O–H groups in total. The minimum atomic E-state index is -0.171. The van der Waals surface area contributed by atoms with Gasteiger partial charge >= 0.3 is 6.03 Å². The van der Waals surface area contributed by atoms with Gasteiger partial charge in [0, 0.05) is 6.54 Å². The Bertz CT molecular complexity index is 505. The number of aromatic nitrogens is 1. The molecule has 0 radical (unpaired) electrons. The van der Waals surface area contributed by atoms with Gasteiger partial charge in [-0.15, -0.1) is 0 Å². The number of thiazole rings is 1. The average molecular weight is 277 g/mol. The van der Waals surface area contributed by atoms with E-state index in [-0.39, 0.29) is 6.03 Å². The highest BCUT2D eigenvalue weighted by molar-refractivity contribution is 7.22. The quantitative estimate of drug-likeness (QED) is 0.784. The molecular formula is C14H19N3OS. The minimum Gasteiger partial charge on any atom is -0.338 e. The summed E-state index contributed by atoms with van der Waals surface area (Å²) in [6.07, 6.45) is 4.62. The lowest BCUT2D eigenvalue weighted by atomic mass is 10.2. The molecule has 0 bridgehead atoms. The van der Waals surface area contributed by atoms with Crippen molar-refractivity contribution >= 4 is 32.7 Å². The van der Waals surface area contributed by atoms with Crippen LogP contribution in [0.3, 0.4) is 0 Å². The molecule has 4 nitrogen and oxygen atoms in total. The van der Waals surface area contributed by atoms with E-state index in [9.17, 15) is 4.79 Å². The van der Waals surface area contributed by atoms with E-state index in [1.165, 1.54) is 24.2 Å². The zero-order valence-corrected chi connectivity index (χ0v) is 11.9. The standard InChI is InChI=1S/C14H19N3OS/c1-2-3-4-7-10-15-13(18)17-14-16-11-8-5-6-9-12(11)19-14/h5-6,8-9H,2-4,7,10H2,1H3,(H2,15,16,17,18). The topological polar surface area (TPSA) is 54.0 Å². The Morgan fingerprint density at radius 3 is 2.89 bits per heavy atom. The predicted molar refractivity (Wildman–Crippen MR) is 80.8 cm³/mol. The molecular weight excluding hydrogens is 258 g/mol. The number of carbonyl (C=O) groups excluding carboxylic acids is 1. The van der Waals surface area contributed by atoms with Gasteiger partial charge in [-0.05, 0) is 18.6 Å². The fourth-order valence-corrected chi connectivity index (χ4v) is 2.68. The first kappa shape index (κ1) is 13.8. The van der Waals surface area contributed by atoms with E-state index in [1.54, 1.807) is 0 Å². The van der Waals surface area contributed by atoms with Crippen LogP contribution in [-0.4, -0.2) is 17.6 Å². The maximum absolute atomic E-state index is 11.7. The molecule has 0 saturated heterocycles. The highest BCUT2D eigenvalue weighted by atomic mass is 32.1. The van der Waals surface area contributed by atoms with Crippen LogP contribution in [0.1, 0.15) is 32.6 Å². The number of amides is 2. The summed E-state index contributed by atoms with van der Waals surface area (Å²) in [5.74, 6) is 0. The summed E-state index contributed by atoms with van der Waals surface area (Å²) >= 11 is 1.49. The molecule has 0 unspecified atom stereocenters. The molecule has 19 heavy (non-hydrogen) atoms. The summed E-state index contributed by atoms with van der Waals surface area (Å²) < 4.78 is 1.08. The van der Waals surface area contributed by atoms with E-state index < -0.39 is 0 Å². The molecule has 0 saturated carbocycles. The molecule has 0 spiro atoms. The van der Waals surface area contributed by atoms with E-state index in [2.05, 4.69) is 22.5 Å². The second-order valence-corrected chi connectivity index (χ2v) is 5.46. The number of nitrogens with one attached hydrogen (secondary N) is 2. The number of hydrogen-bond acceptors (Lipinski definition) is 3. The second-order valence-electron chi connectivity index (χ2n) is 4.43. The maximum atomic E-state index is 11.7. The van der Waals surface area contributed by atoms with E-state index >= 15 is 0 Å². The number of rotatable bonds is 6. The third kappa shape index (κ3) is 4.21. The van der Waals surface area contributed by atoms with Crippen molar-refractivity contribution in [3.05, 3.63) is 24.3 Å². The van der Waals surface area contributed by atoms with E-state index in [0.29, 0.717) is 5.13 Å². The van der Waals surface area contributed by atoms with Gasteiger partial charge < -0.3 is 5.32 Å². The normalized spacial score (nSPS) is 10.6. The van der Waals surface area contributed by atoms with Crippen LogP contribution in [0, 0.1) is 0 Å². The summed E-state index contributed by atoms with van der Waals surface area (Å²) in [6.45, 7) is 2.89. The highest BCUT2D eigenvalue weighted by Crippen LogP contribution is 2.25. The number of benzene rings is 1. The summed E-state index contributed by atoms with van der Waals surface area (Å²) in [4.78, 5) is 16.0. The number of para-hydroxylation sites is 1. The summed E-state index contributed by atoms with van der Waals surface area (Å²) in [5.41, 5.74) is 0.922. The number of urea groups is 1. The van der Waals surface area contributed by atoms with Crippen molar-refractivity contribution in [1.29, 1.82) is 0 Å². The second kappa shape index (κ2) is 7.09. The molecule has 1 aromatic heterocycles. The zero-order chi connectivity index (χ0) is 13.5. The Kier molecular flexibility index (Phi) is 5.15. The molecule has 1 aromatic carbocycles. The molecule has 2 rings (SSSR count). The van der Waals surface area contributed by atoms with Gasteiger partial charge in [0.05, 0.1) is 10.2 Å². The van der Waals surface area contributed by atoms with Crippen LogP contribution >= 0.6 is 11.3 Å². The number of anilines is 1. The van der Waals surface area contributed by atoms with Crippen LogP contribution < -0.4 is 10.6 Å². The lowest BCUT2D eigenvalue weighted by Crippen LogP contribution is -2.29. The van der Waals surface area contributed by atoms with Gasteiger partial charge in [-0.25, -0.2) is 9.78 Å². The van der Waals surface area contributed by atoms with Gasteiger partial charge in [0.2, 0.25) is 0 Å². The van der Waals surface area contributed by atoms with Crippen LogP contribution in [0.4, 0.5) is 9.93 Å². The van der Waals surface area contributed by atoms with E-state index in [4.69, 9.17) is 0 Å². The highest BCUT2D eigenvalue weighted by Gasteiger charge is 2.06. The third-order valence-electron chi connectivity index (χ3n) is 2.83. The molecule has 0 aliphatic heterocycles. The van der Waals surface area contributed by atoms with Gasteiger partial charge in [0.1, 0.15) is 0 Å². The Labute approximate surface area is 117 Å². The minimum absolute atomic E-state index is 0.171. The zero-order valence-electron chi connectivity index (χ0n) is 11.1. The van der Waals surface area contributed by atoms with Crippen molar-refractivity contribution in [2.24, 2.45) is 0 Å². The van der Waals surface area contributed by atoms with Crippen LogP contribution in [0.2, 0.25) is 0 Å². The van der Waals surface area contributed by atoms with Gasteiger partial charge in [0.25, 0.3) is 0 Å². The number of carbonyl (C=O) groups is 1. The SMILES string of the molecule is CCCCCCNC(=O)Nc1nc2ccccc2s1. The lowest BCUT2D eigenvalue weighted by molar-refractivity contribution is 0.252.